The number of methoxy groups -OCH3 is 1. The van der Waals surface area contributed by atoms with Crippen molar-refractivity contribution >= 4 is 29.2 Å². The first-order valence-electron chi connectivity index (χ1n) is 7.76. The molecule has 0 unspecified atom stereocenters. The van der Waals surface area contributed by atoms with Crippen molar-refractivity contribution in [1.82, 2.24) is 4.98 Å². The molecule has 0 radical (unpaired) electrons. The van der Waals surface area contributed by atoms with Crippen molar-refractivity contribution in [2.75, 3.05) is 12.4 Å². The van der Waals surface area contributed by atoms with Crippen molar-refractivity contribution in [3.8, 4) is 0 Å². The summed E-state index contributed by atoms with van der Waals surface area (Å²) in [5.74, 6) is -0.776. The Kier molecular flexibility index (Phi) is 5.67. The van der Waals surface area contributed by atoms with Gasteiger partial charge in [0.05, 0.1) is 23.4 Å². The minimum atomic E-state index is -0.445. The summed E-state index contributed by atoms with van der Waals surface area (Å²) in [7, 11) is 1.33. The molecule has 1 heterocycles. The van der Waals surface area contributed by atoms with Crippen LogP contribution in [0.25, 0.3) is 0 Å². The SMILES string of the molecule is CCCc1c(C(=O)Nc2ccc(C)cc2Cl)[nH]c(C)c1C(=O)OC. The zero-order valence-corrected chi connectivity index (χ0v) is 15.0. The van der Waals surface area contributed by atoms with E-state index in [0.29, 0.717) is 39.6 Å². The number of benzene rings is 1. The molecule has 0 fully saturated rings. The predicted octanol–water partition coefficient (Wildman–Crippen LogP) is 4.28. The number of anilines is 1. The van der Waals surface area contributed by atoms with Gasteiger partial charge in [-0.15, -0.1) is 0 Å². The summed E-state index contributed by atoms with van der Waals surface area (Å²) in [4.78, 5) is 27.7. The van der Waals surface area contributed by atoms with E-state index in [1.807, 2.05) is 19.9 Å². The molecule has 0 aliphatic carbocycles. The molecule has 0 spiro atoms. The van der Waals surface area contributed by atoms with Crippen LogP contribution in [0.3, 0.4) is 0 Å². The Hall–Kier alpha value is -2.27. The molecule has 0 aliphatic rings. The second-order valence-corrected chi connectivity index (χ2v) is 6.06. The molecule has 2 N–H and O–H groups in total. The van der Waals surface area contributed by atoms with E-state index in [4.69, 9.17) is 16.3 Å². The summed E-state index contributed by atoms with van der Waals surface area (Å²) in [6.45, 7) is 5.66. The van der Waals surface area contributed by atoms with Gasteiger partial charge < -0.3 is 15.0 Å². The number of nitrogens with one attached hydrogen (secondary N) is 2. The van der Waals surface area contributed by atoms with Gasteiger partial charge in [0.25, 0.3) is 5.91 Å². The topological polar surface area (TPSA) is 71.2 Å². The average molecular weight is 349 g/mol. The quantitative estimate of drug-likeness (QED) is 0.792. The molecule has 24 heavy (non-hydrogen) atoms. The maximum Gasteiger partial charge on any atom is 0.339 e. The molecule has 0 bridgehead atoms. The van der Waals surface area contributed by atoms with E-state index in [1.165, 1.54) is 7.11 Å². The van der Waals surface area contributed by atoms with Gasteiger partial charge in [0.2, 0.25) is 0 Å². The third-order valence-electron chi connectivity index (χ3n) is 3.78. The molecule has 0 aliphatic heterocycles. The van der Waals surface area contributed by atoms with Gasteiger partial charge in [-0.25, -0.2) is 4.79 Å². The molecule has 5 nitrogen and oxygen atoms in total. The smallest absolute Gasteiger partial charge is 0.339 e. The van der Waals surface area contributed by atoms with E-state index in [0.717, 1.165) is 12.0 Å². The van der Waals surface area contributed by atoms with Crippen LogP contribution in [0.15, 0.2) is 18.2 Å². The zero-order chi connectivity index (χ0) is 17.9. The van der Waals surface area contributed by atoms with E-state index < -0.39 is 5.97 Å². The Morgan fingerprint density at radius 1 is 1.29 bits per heavy atom. The summed E-state index contributed by atoms with van der Waals surface area (Å²) in [5, 5.41) is 3.27. The van der Waals surface area contributed by atoms with Crippen molar-refractivity contribution < 1.29 is 14.3 Å². The van der Waals surface area contributed by atoms with Gasteiger partial charge in [0.15, 0.2) is 0 Å². The molecule has 0 atom stereocenters. The lowest BCUT2D eigenvalue weighted by Crippen LogP contribution is -2.15. The number of amides is 1. The van der Waals surface area contributed by atoms with Crippen LogP contribution in [0.2, 0.25) is 5.02 Å². The first-order chi connectivity index (χ1) is 11.4. The number of esters is 1. The predicted molar refractivity (Wildman–Crippen MR) is 95.0 cm³/mol. The number of halogens is 1. The molecule has 0 saturated carbocycles. The standard InChI is InChI=1S/C18H21ClN2O3/c1-5-6-12-15(18(23)24-4)11(3)20-16(12)17(22)21-14-8-7-10(2)9-13(14)19/h7-9,20H,5-6H2,1-4H3,(H,21,22). The first kappa shape index (κ1) is 18.1. The molecular formula is C18H21ClN2O3. The number of H-pyrrole nitrogens is 1. The summed E-state index contributed by atoms with van der Waals surface area (Å²) in [5.41, 5.74) is 3.62. The maximum atomic E-state index is 12.7. The zero-order valence-electron chi connectivity index (χ0n) is 14.2. The van der Waals surface area contributed by atoms with E-state index in [1.54, 1.807) is 19.1 Å². The normalized spacial score (nSPS) is 10.5. The van der Waals surface area contributed by atoms with E-state index in [-0.39, 0.29) is 5.91 Å². The number of aromatic nitrogens is 1. The summed E-state index contributed by atoms with van der Waals surface area (Å²) in [6, 6.07) is 5.41. The molecule has 128 valence electrons. The van der Waals surface area contributed by atoms with Crippen molar-refractivity contribution in [1.29, 1.82) is 0 Å². The number of carbonyl (C=O) groups is 2. The van der Waals surface area contributed by atoms with Gasteiger partial charge in [-0.2, -0.15) is 0 Å². The van der Waals surface area contributed by atoms with Gasteiger partial charge in [0.1, 0.15) is 5.69 Å². The Morgan fingerprint density at radius 3 is 2.58 bits per heavy atom. The maximum absolute atomic E-state index is 12.7. The molecule has 2 rings (SSSR count). The van der Waals surface area contributed by atoms with Gasteiger partial charge in [-0.1, -0.05) is 31.0 Å². The number of ether oxygens (including phenoxy) is 1. The number of carbonyl (C=O) groups excluding carboxylic acids is 2. The second-order valence-electron chi connectivity index (χ2n) is 5.66. The number of hydrogen-bond acceptors (Lipinski definition) is 3. The van der Waals surface area contributed by atoms with Gasteiger partial charge >= 0.3 is 5.97 Å². The van der Waals surface area contributed by atoms with Crippen molar-refractivity contribution in [2.45, 2.75) is 33.6 Å². The minimum Gasteiger partial charge on any atom is -0.465 e. The Bertz CT molecular complexity index is 781. The van der Waals surface area contributed by atoms with Crippen LogP contribution < -0.4 is 5.32 Å². The van der Waals surface area contributed by atoms with Crippen LogP contribution in [0.5, 0.6) is 0 Å². The summed E-state index contributed by atoms with van der Waals surface area (Å²) < 4.78 is 4.84. The molecule has 1 amide bonds. The highest BCUT2D eigenvalue weighted by atomic mass is 35.5. The molecule has 1 aromatic carbocycles. The van der Waals surface area contributed by atoms with Crippen molar-refractivity contribution in [3.63, 3.8) is 0 Å². The Balaban J connectivity index is 2.40. The van der Waals surface area contributed by atoms with E-state index in [9.17, 15) is 9.59 Å². The lowest BCUT2D eigenvalue weighted by molar-refractivity contribution is 0.0599. The average Bonchev–Trinajstić information content (AvgIpc) is 2.86. The van der Waals surface area contributed by atoms with Crippen LogP contribution in [0, 0.1) is 13.8 Å². The number of rotatable bonds is 5. The lowest BCUT2D eigenvalue weighted by Gasteiger charge is -2.09. The summed E-state index contributed by atoms with van der Waals surface area (Å²) >= 11 is 6.17. The molecule has 6 heteroatoms. The Morgan fingerprint density at radius 2 is 2.00 bits per heavy atom. The molecule has 0 saturated heterocycles. The highest BCUT2D eigenvalue weighted by Gasteiger charge is 2.25. The minimum absolute atomic E-state index is 0.331. The second kappa shape index (κ2) is 7.53. The first-order valence-corrected chi connectivity index (χ1v) is 8.14. The fraction of sp³-hybridized carbons (Fsp3) is 0.333. The monoisotopic (exact) mass is 348 g/mol. The van der Waals surface area contributed by atoms with Crippen molar-refractivity contribution in [2.24, 2.45) is 0 Å². The highest BCUT2D eigenvalue weighted by Crippen LogP contribution is 2.26. The number of aromatic amines is 1. The molecule has 1 aromatic heterocycles. The third kappa shape index (κ3) is 3.62. The van der Waals surface area contributed by atoms with Crippen LogP contribution in [-0.4, -0.2) is 24.0 Å². The Labute approximate surface area is 146 Å². The van der Waals surface area contributed by atoms with E-state index in [2.05, 4.69) is 10.3 Å². The van der Waals surface area contributed by atoms with E-state index >= 15 is 0 Å². The molecular weight excluding hydrogens is 328 g/mol. The van der Waals surface area contributed by atoms with Gasteiger partial charge in [-0.05, 0) is 43.5 Å². The van der Waals surface area contributed by atoms with Gasteiger partial charge in [-0.3, -0.25) is 4.79 Å². The number of aryl methyl sites for hydroxylation is 2. The van der Waals surface area contributed by atoms with Crippen LogP contribution in [0.4, 0.5) is 5.69 Å². The largest absolute Gasteiger partial charge is 0.465 e. The summed E-state index contributed by atoms with van der Waals surface area (Å²) in [6.07, 6.45) is 1.39. The fourth-order valence-electron chi connectivity index (χ4n) is 2.66. The van der Waals surface area contributed by atoms with Crippen LogP contribution in [-0.2, 0) is 11.2 Å². The van der Waals surface area contributed by atoms with Crippen LogP contribution in [0.1, 0.15) is 51.0 Å². The molecule has 2 aromatic rings. The lowest BCUT2D eigenvalue weighted by atomic mass is 10.0. The number of hydrogen-bond donors (Lipinski definition) is 2. The van der Waals surface area contributed by atoms with Crippen LogP contribution >= 0.6 is 11.6 Å². The highest BCUT2D eigenvalue weighted by molar-refractivity contribution is 6.34. The van der Waals surface area contributed by atoms with Gasteiger partial charge in [0, 0.05) is 5.69 Å². The third-order valence-corrected chi connectivity index (χ3v) is 4.09. The fourth-order valence-corrected chi connectivity index (χ4v) is 2.94. The van der Waals surface area contributed by atoms with Crippen molar-refractivity contribution in [3.05, 3.63) is 51.3 Å².